The van der Waals surface area contributed by atoms with Gasteiger partial charge in [0.05, 0.1) is 12.7 Å². The zero-order valence-corrected chi connectivity index (χ0v) is 15.9. The maximum absolute atomic E-state index is 6.01. The van der Waals surface area contributed by atoms with Gasteiger partial charge in [0.25, 0.3) is 0 Å². The number of rotatable bonds is 9. The van der Waals surface area contributed by atoms with Crippen LogP contribution in [0.5, 0.6) is 5.75 Å². The molecule has 140 valence electrons. The van der Waals surface area contributed by atoms with Gasteiger partial charge in [-0.1, -0.05) is 12.1 Å². The molecule has 0 bridgehead atoms. The number of nitrogens with one attached hydrogen (secondary N) is 2. The normalized spacial score (nSPS) is 16.7. The van der Waals surface area contributed by atoms with Gasteiger partial charge >= 0.3 is 0 Å². The molecule has 2 N–H and O–H groups in total. The molecule has 5 heteroatoms. The van der Waals surface area contributed by atoms with E-state index in [1.807, 2.05) is 0 Å². The SMILES string of the molecule is CCNC(=NCCc1ccc(OC2CCCC2)cc1)NC(C)COC. The van der Waals surface area contributed by atoms with E-state index >= 15 is 0 Å². The first kappa shape index (κ1) is 19.6. The molecule has 1 unspecified atom stereocenters. The topological polar surface area (TPSA) is 54.9 Å². The van der Waals surface area contributed by atoms with Crippen LogP contribution in [0, 0.1) is 0 Å². The van der Waals surface area contributed by atoms with Crippen molar-refractivity contribution < 1.29 is 9.47 Å². The summed E-state index contributed by atoms with van der Waals surface area (Å²) in [4.78, 5) is 4.64. The molecule has 1 saturated carbocycles. The molecule has 0 spiro atoms. The van der Waals surface area contributed by atoms with Crippen molar-refractivity contribution in [1.82, 2.24) is 10.6 Å². The van der Waals surface area contributed by atoms with Gasteiger partial charge < -0.3 is 20.1 Å². The molecule has 1 atom stereocenters. The lowest BCUT2D eigenvalue weighted by molar-refractivity contribution is 0.179. The molecule has 1 aliphatic rings. The Morgan fingerprint density at radius 1 is 1.24 bits per heavy atom. The predicted octanol–water partition coefficient (Wildman–Crippen LogP) is 3.14. The van der Waals surface area contributed by atoms with E-state index < -0.39 is 0 Å². The van der Waals surface area contributed by atoms with Gasteiger partial charge in [-0.2, -0.15) is 0 Å². The Labute approximate surface area is 152 Å². The third-order valence-corrected chi connectivity index (χ3v) is 4.34. The Morgan fingerprint density at radius 3 is 2.60 bits per heavy atom. The highest BCUT2D eigenvalue weighted by atomic mass is 16.5. The summed E-state index contributed by atoms with van der Waals surface area (Å²) in [7, 11) is 1.71. The second-order valence-electron chi connectivity index (χ2n) is 6.68. The summed E-state index contributed by atoms with van der Waals surface area (Å²) in [5.74, 6) is 1.83. The molecule has 2 rings (SSSR count). The molecule has 1 aromatic rings. The van der Waals surface area contributed by atoms with Gasteiger partial charge in [-0.25, -0.2) is 0 Å². The molecule has 5 nitrogen and oxygen atoms in total. The average molecular weight is 348 g/mol. The summed E-state index contributed by atoms with van der Waals surface area (Å²) >= 11 is 0. The minimum absolute atomic E-state index is 0.231. The van der Waals surface area contributed by atoms with Crippen molar-refractivity contribution in [2.24, 2.45) is 4.99 Å². The van der Waals surface area contributed by atoms with Gasteiger partial charge in [0.1, 0.15) is 5.75 Å². The van der Waals surface area contributed by atoms with Crippen molar-refractivity contribution >= 4 is 5.96 Å². The van der Waals surface area contributed by atoms with Crippen LogP contribution < -0.4 is 15.4 Å². The Kier molecular flexibility index (Phi) is 8.60. The van der Waals surface area contributed by atoms with Crippen LogP contribution in [-0.2, 0) is 11.2 Å². The number of ether oxygens (including phenoxy) is 2. The Morgan fingerprint density at radius 2 is 1.96 bits per heavy atom. The van der Waals surface area contributed by atoms with Gasteiger partial charge in [0.2, 0.25) is 0 Å². The summed E-state index contributed by atoms with van der Waals surface area (Å²) in [5.41, 5.74) is 1.28. The minimum Gasteiger partial charge on any atom is -0.490 e. The third-order valence-electron chi connectivity index (χ3n) is 4.34. The van der Waals surface area contributed by atoms with E-state index in [0.29, 0.717) is 12.7 Å². The van der Waals surface area contributed by atoms with Crippen molar-refractivity contribution in [1.29, 1.82) is 0 Å². The Bertz CT molecular complexity index is 510. The second-order valence-corrected chi connectivity index (χ2v) is 6.68. The molecular formula is C20H33N3O2. The highest BCUT2D eigenvalue weighted by Gasteiger charge is 2.16. The van der Waals surface area contributed by atoms with E-state index in [4.69, 9.17) is 9.47 Å². The lowest BCUT2D eigenvalue weighted by Crippen LogP contribution is -2.44. The van der Waals surface area contributed by atoms with E-state index in [1.54, 1.807) is 7.11 Å². The smallest absolute Gasteiger partial charge is 0.191 e. The summed E-state index contributed by atoms with van der Waals surface area (Å²) in [6, 6.07) is 8.69. The van der Waals surface area contributed by atoms with E-state index in [1.165, 1.54) is 31.2 Å². The standard InChI is InChI=1S/C20H33N3O2/c1-4-21-20(23-16(2)15-24-3)22-14-13-17-9-11-19(12-10-17)25-18-7-5-6-8-18/h9-12,16,18H,4-8,13-15H2,1-3H3,(H2,21,22,23). The van der Waals surface area contributed by atoms with Crippen LogP contribution in [0.1, 0.15) is 45.1 Å². The van der Waals surface area contributed by atoms with Gasteiger partial charge in [0.15, 0.2) is 5.96 Å². The molecule has 1 aromatic carbocycles. The molecule has 1 aliphatic carbocycles. The maximum atomic E-state index is 6.01. The first-order chi connectivity index (χ1) is 12.2. The largest absolute Gasteiger partial charge is 0.490 e. The molecule has 0 radical (unpaired) electrons. The van der Waals surface area contributed by atoms with Crippen molar-refractivity contribution in [3.05, 3.63) is 29.8 Å². The third kappa shape index (κ3) is 7.34. The fourth-order valence-corrected chi connectivity index (χ4v) is 3.08. The van der Waals surface area contributed by atoms with Crippen molar-refractivity contribution in [3.8, 4) is 5.75 Å². The zero-order valence-electron chi connectivity index (χ0n) is 15.9. The molecule has 0 aliphatic heterocycles. The predicted molar refractivity (Wildman–Crippen MR) is 103 cm³/mol. The quantitative estimate of drug-likeness (QED) is 0.532. The number of guanidine groups is 1. The summed E-state index contributed by atoms with van der Waals surface area (Å²) in [6.45, 7) is 6.41. The first-order valence-corrected chi connectivity index (χ1v) is 9.50. The van der Waals surface area contributed by atoms with Gasteiger partial charge in [-0.15, -0.1) is 0 Å². The Balaban J connectivity index is 1.79. The van der Waals surface area contributed by atoms with E-state index in [0.717, 1.165) is 31.2 Å². The summed E-state index contributed by atoms with van der Waals surface area (Å²) in [6.07, 6.45) is 6.31. The maximum Gasteiger partial charge on any atom is 0.191 e. The molecular weight excluding hydrogens is 314 g/mol. The van der Waals surface area contributed by atoms with E-state index in [9.17, 15) is 0 Å². The first-order valence-electron chi connectivity index (χ1n) is 9.50. The number of aliphatic imine (C=N–C) groups is 1. The van der Waals surface area contributed by atoms with Gasteiger partial charge in [-0.05, 0) is 63.6 Å². The van der Waals surface area contributed by atoms with Crippen LogP contribution in [0.3, 0.4) is 0 Å². The molecule has 0 saturated heterocycles. The van der Waals surface area contributed by atoms with Crippen molar-refractivity contribution in [2.45, 2.75) is 58.1 Å². The molecule has 0 aromatic heterocycles. The monoisotopic (exact) mass is 347 g/mol. The number of benzene rings is 1. The molecule has 0 amide bonds. The molecule has 1 fully saturated rings. The number of hydrogen-bond donors (Lipinski definition) is 2. The highest BCUT2D eigenvalue weighted by Crippen LogP contribution is 2.24. The molecule has 25 heavy (non-hydrogen) atoms. The lowest BCUT2D eigenvalue weighted by atomic mass is 10.1. The number of hydrogen-bond acceptors (Lipinski definition) is 3. The van der Waals surface area contributed by atoms with Crippen molar-refractivity contribution in [3.63, 3.8) is 0 Å². The van der Waals surface area contributed by atoms with Gasteiger partial charge in [-0.3, -0.25) is 4.99 Å². The lowest BCUT2D eigenvalue weighted by Gasteiger charge is -2.17. The van der Waals surface area contributed by atoms with Crippen LogP contribution in [0.25, 0.3) is 0 Å². The van der Waals surface area contributed by atoms with Crippen LogP contribution in [-0.4, -0.2) is 44.9 Å². The van der Waals surface area contributed by atoms with Gasteiger partial charge in [0, 0.05) is 26.2 Å². The fraction of sp³-hybridized carbons (Fsp3) is 0.650. The molecule has 0 heterocycles. The van der Waals surface area contributed by atoms with Crippen molar-refractivity contribution in [2.75, 3.05) is 26.8 Å². The minimum atomic E-state index is 0.231. The van der Waals surface area contributed by atoms with E-state index in [-0.39, 0.29) is 6.04 Å². The number of methoxy groups -OCH3 is 1. The summed E-state index contributed by atoms with van der Waals surface area (Å²) in [5, 5.41) is 6.62. The zero-order chi connectivity index (χ0) is 17.9. The van der Waals surface area contributed by atoms with Crippen LogP contribution in [0.2, 0.25) is 0 Å². The average Bonchev–Trinajstić information content (AvgIpc) is 3.10. The second kappa shape index (κ2) is 11.0. The Hall–Kier alpha value is -1.75. The van der Waals surface area contributed by atoms with E-state index in [2.05, 4.69) is 53.7 Å². The van der Waals surface area contributed by atoms with Crippen LogP contribution >= 0.6 is 0 Å². The highest BCUT2D eigenvalue weighted by molar-refractivity contribution is 5.80. The van der Waals surface area contributed by atoms with Crippen LogP contribution in [0.4, 0.5) is 0 Å². The number of nitrogens with zero attached hydrogens (tertiary/aromatic N) is 1. The summed E-state index contributed by atoms with van der Waals surface area (Å²) < 4.78 is 11.2. The fourth-order valence-electron chi connectivity index (χ4n) is 3.08. The van der Waals surface area contributed by atoms with Crippen LogP contribution in [0.15, 0.2) is 29.3 Å².